The van der Waals surface area contributed by atoms with Gasteiger partial charge in [0.15, 0.2) is 0 Å². The normalized spacial score (nSPS) is 9.77. The summed E-state index contributed by atoms with van der Waals surface area (Å²) in [6.45, 7) is 3.88. The van der Waals surface area contributed by atoms with Crippen molar-refractivity contribution in [1.29, 1.82) is 0 Å². The number of nitrogens with zero attached hydrogens (tertiary/aromatic N) is 1. The first-order valence-electron chi connectivity index (χ1n) is 3.95. The number of aromatic nitrogens is 1. The third-order valence-corrected chi connectivity index (χ3v) is 1.88. The molecule has 13 heavy (non-hydrogen) atoms. The van der Waals surface area contributed by atoms with E-state index in [0.29, 0.717) is 12.2 Å². The van der Waals surface area contributed by atoms with Crippen molar-refractivity contribution >= 4 is 17.6 Å². The molecule has 0 N–H and O–H groups in total. The van der Waals surface area contributed by atoms with E-state index in [1.54, 1.807) is 26.1 Å². The Bertz CT molecular complexity index is 305. The van der Waals surface area contributed by atoms with Gasteiger partial charge in [-0.1, -0.05) is 11.6 Å². The summed E-state index contributed by atoms with van der Waals surface area (Å²) in [6, 6.07) is 1.72. The van der Waals surface area contributed by atoms with Gasteiger partial charge in [0, 0.05) is 6.20 Å². The minimum atomic E-state index is -0.418. The molecule has 0 fully saturated rings. The van der Waals surface area contributed by atoms with Crippen molar-refractivity contribution in [2.45, 2.75) is 13.8 Å². The van der Waals surface area contributed by atoms with Crippen LogP contribution in [-0.4, -0.2) is 17.6 Å². The van der Waals surface area contributed by atoms with E-state index < -0.39 is 5.97 Å². The summed E-state index contributed by atoms with van der Waals surface area (Å²) >= 11 is 5.75. The highest BCUT2D eigenvalue weighted by Crippen LogP contribution is 2.17. The summed E-state index contributed by atoms with van der Waals surface area (Å²) in [5, 5.41) is 0.193. The summed E-state index contributed by atoms with van der Waals surface area (Å²) in [5.74, 6) is -0.418. The van der Waals surface area contributed by atoms with Gasteiger partial charge in [-0.3, -0.25) is 0 Å². The predicted octanol–water partition coefficient (Wildman–Crippen LogP) is 2.22. The van der Waals surface area contributed by atoms with Crippen molar-refractivity contribution in [3.63, 3.8) is 0 Å². The van der Waals surface area contributed by atoms with Crippen LogP contribution in [0.25, 0.3) is 0 Å². The fourth-order valence-electron chi connectivity index (χ4n) is 0.974. The fraction of sp³-hybridized carbons (Fsp3) is 0.333. The highest BCUT2D eigenvalue weighted by atomic mass is 35.5. The van der Waals surface area contributed by atoms with Gasteiger partial charge < -0.3 is 4.74 Å². The van der Waals surface area contributed by atoms with Gasteiger partial charge in [-0.2, -0.15) is 0 Å². The van der Waals surface area contributed by atoms with E-state index in [0.717, 1.165) is 5.56 Å². The number of pyridine rings is 1. The molecule has 1 aromatic rings. The average molecular weight is 200 g/mol. The molecule has 0 spiro atoms. The van der Waals surface area contributed by atoms with E-state index in [1.807, 2.05) is 0 Å². The number of carbonyl (C=O) groups is 1. The molecule has 0 saturated carbocycles. The zero-order valence-corrected chi connectivity index (χ0v) is 8.26. The lowest BCUT2D eigenvalue weighted by Gasteiger charge is -2.05. The number of hydrogen-bond donors (Lipinski definition) is 0. The molecule has 1 rings (SSSR count). The zero-order valence-electron chi connectivity index (χ0n) is 7.50. The van der Waals surface area contributed by atoms with Gasteiger partial charge in [-0.25, -0.2) is 9.78 Å². The predicted molar refractivity (Wildman–Crippen MR) is 49.9 cm³/mol. The molecular weight excluding hydrogens is 190 g/mol. The largest absolute Gasteiger partial charge is 0.462 e. The van der Waals surface area contributed by atoms with Gasteiger partial charge in [-0.15, -0.1) is 0 Å². The monoisotopic (exact) mass is 199 g/mol. The smallest absolute Gasteiger partial charge is 0.341 e. The van der Waals surface area contributed by atoms with Crippen molar-refractivity contribution in [2.75, 3.05) is 6.61 Å². The van der Waals surface area contributed by atoms with E-state index in [9.17, 15) is 4.79 Å². The van der Waals surface area contributed by atoms with Crippen LogP contribution in [0.4, 0.5) is 0 Å². The first kappa shape index (κ1) is 9.99. The van der Waals surface area contributed by atoms with Gasteiger partial charge in [0.25, 0.3) is 0 Å². The SMILES string of the molecule is CCOC(=O)c1c(C)ccnc1Cl. The first-order valence-corrected chi connectivity index (χ1v) is 4.32. The van der Waals surface area contributed by atoms with Crippen LogP contribution in [0.1, 0.15) is 22.8 Å². The fourth-order valence-corrected chi connectivity index (χ4v) is 1.26. The molecule has 0 aliphatic rings. The highest BCUT2D eigenvalue weighted by Gasteiger charge is 2.14. The Hall–Kier alpha value is -1.09. The minimum absolute atomic E-state index is 0.193. The van der Waals surface area contributed by atoms with Gasteiger partial charge >= 0.3 is 5.97 Å². The Morgan fingerprint density at radius 2 is 2.38 bits per heavy atom. The number of halogens is 1. The Labute approximate surface area is 81.7 Å². The Kier molecular flexibility index (Phi) is 3.25. The lowest BCUT2D eigenvalue weighted by Crippen LogP contribution is -2.08. The summed E-state index contributed by atoms with van der Waals surface area (Å²) in [5.41, 5.74) is 1.13. The van der Waals surface area contributed by atoms with Crippen LogP contribution in [0.3, 0.4) is 0 Å². The van der Waals surface area contributed by atoms with E-state index in [2.05, 4.69) is 4.98 Å². The number of carbonyl (C=O) groups excluding carboxylic acids is 1. The van der Waals surface area contributed by atoms with Gasteiger partial charge in [-0.05, 0) is 25.5 Å². The highest BCUT2D eigenvalue weighted by molar-refractivity contribution is 6.32. The number of esters is 1. The van der Waals surface area contributed by atoms with E-state index >= 15 is 0 Å². The summed E-state index contributed by atoms with van der Waals surface area (Å²) in [7, 11) is 0. The number of ether oxygens (including phenoxy) is 1. The Balaban J connectivity index is 3.05. The maximum absolute atomic E-state index is 11.3. The van der Waals surface area contributed by atoms with Crippen LogP contribution in [0.15, 0.2) is 12.3 Å². The first-order chi connectivity index (χ1) is 6.16. The molecule has 0 unspecified atom stereocenters. The van der Waals surface area contributed by atoms with Crippen molar-refractivity contribution in [3.8, 4) is 0 Å². The minimum Gasteiger partial charge on any atom is -0.462 e. The van der Waals surface area contributed by atoms with Crippen LogP contribution in [0.2, 0.25) is 5.15 Å². The maximum Gasteiger partial charge on any atom is 0.341 e. The van der Waals surface area contributed by atoms with E-state index in [-0.39, 0.29) is 5.15 Å². The molecule has 3 nitrogen and oxygen atoms in total. The molecule has 0 bridgehead atoms. The second-order valence-electron chi connectivity index (χ2n) is 2.51. The average Bonchev–Trinajstić information content (AvgIpc) is 2.04. The molecule has 0 amide bonds. The summed E-state index contributed by atoms with van der Waals surface area (Å²) in [6.07, 6.45) is 1.56. The van der Waals surface area contributed by atoms with Crippen molar-refractivity contribution < 1.29 is 9.53 Å². The van der Waals surface area contributed by atoms with Crippen molar-refractivity contribution in [3.05, 3.63) is 28.5 Å². The topological polar surface area (TPSA) is 39.2 Å². The van der Waals surface area contributed by atoms with E-state index in [4.69, 9.17) is 16.3 Å². The molecule has 4 heteroatoms. The molecule has 0 radical (unpaired) electrons. The lowest BCUT2D eigenvalue weighted by molar-refractivity contribution is 0.0525. The third-order valence-electron chi connectivity index (χ3n) is 1.59. The van der Waals surface area contributed by atoms with Gasteiger partial charge in [0.1, 0.15) is 5.15 Å². The van der Waals surface area contributed by atoms with Crippen LogP contribution in [0, 0.1) is 6.92 Å². The second kappa shape index (κ2) is 4.23. The molecule has 70 valence electrons. The van der Waals surface area contributed by atoms with Crippen molar-refractivity contribution in [1.82, 2.24) is 4.98 Å². The Morgan fingerprint density at radius 3 is 2.92 bits per heavy atom. The molecule has 0 atom stereocenters. The second-order valence-corrected chi connectivity index (χ2v) is 2.87. The van der Waals surface area contributed by atoms with Crippen LogP contribution >= 0.6 is 11.6 Å². The quantitative estimate of drug-likeness (QED) is 0.542. The lowest BCUT2D eigenvalue weighted by atomic mass is 10.2. The third kappa shape index (κ3) is 2.18. The number of hydrogen-bond acceptors (Lipinski definition) is 3. The Morgan fingerprint density at radius 1 is 1.69 bits per heavy atom. The molecule has 1 heterocycles. The number of aryl methyl sites for hydroxylation is 1. The van der Waals surface area contributed by atoms with Gasteiger partial charge in [0.2, 0.25) is 0 Å². The number of rotatable bonds is 2. The molecule has 0 aliphatic heterocycles. The molecular formula is C9H10ClNO2. The van der Waals surface area contributed by atoms with Crippen molar-refractivity contribution in [2.24, 2.45) is 0 Å². The van der Waals surface area contributed by atoms with Crippen LogP contribution < -0.4 is 0 Å². The molecule has 0 saturated heterocycles. The zero-order chi connectivity index (χ0) is 9.84. The summed E-state index contributed by atoms with van der Waals surface area (Å²) < 4.78 is 4.83. The van der Waals surface area contributed by atoms with Crippen LogP contribution in [0.5, 0.6) is 0 Å². The van der Waals surface area contributed by atoms with Gasteiger partial charge in [0.05, 0.1) is 12.2 Å². The summed E-state index contributed by atoms with van der Waals surface area (Å²) in [4.78, 5) is 15.1. The molecule has 1 aromatic heterocycles. The standard InChI is InChI=1S/C9H10ClNO2/c1-3-13-9(12)7-6(2)4-5-11-8(7)10/h4-5H,3H2,1-2H3. The van der Waals surface area contributed by atoms with E-state index in [1.165, 1.54) is 0 Å². The van der Waals surface area contributed by atoms with Crippen LogP contribution in [-0.2, 0) is 4.74 Å². The maximum atomic E-state index is 11.3. The molecule has 0 aromatic carbocycles. The molecule has 0 aliphatic carbocycles.